The summed E-state index contributed by atoms with van der Waals surface area (Å²) < 4.78 is 14.6. The van der Waals surface area contributed by atoms with Gasteiger partial charge in [0.05, 0.1) is 24.3 Å². The van der Waals surface area contributed by atoms with Crippen LogP contribution in [0.4, 0.5) is 4.39 Å². The number of nitrogens with zero attached hydrogens (tertiary/aromatic N) is 3. The number of nitrogens with one attached hydrogen (secondary N) is 1. The van der Waals surface area contributed by atoms with Gasteiger partial charge in [0, 0.05) is 17.4 Å². The van der Waals surface area contributed by atoms with Crippen molar-refractivity contribution in [1.82, 2.24) is 20.1 Å². The quantitative estimate of drug-likeness (QED) is 0.386. The van der Waals surface area contributed by atoms with Gasteiger partial charge in [0.15, 0.2) is 0 Å². The lowest BCUT2D eigenvalue weighted by Gasteiger charge is -2.27. The van der Waals surface area contributed by atoms with E-state index in [2.05, 4.69) is 36.4 Å². The number of rotatable bonds is 6. The monoisotopic (exact) mass is 499 g/mol. The van der Waals surface area contributed by atoms with Gasteiger partial charge in [0.1, 0.15) is 12.2 Å². The Morgan fingerprint density at radius 1 is 1.00 bits per heavy atom. The van der Waals surface area contributed by atoms with Crippen molar-refractivity contribution in [2.45, 2.75) is 44.4 Å². The number of aromatic nitrogens is 2. The van der Waals surface area contributed by atoms with E-state index in [4.69, 9.17) is 5.84 Å². The Balaban J connectivity index is 1.41. The van der Waals surface area contributed by atoms with Crippen molar-refractivity contribution in [2.75, 3.05) is 12.4 Å². The van der Waals surface area contributed by atoms with Gasteiger partial charge in [-0.25, -0.2) is 4.39 Å². The molecule has 37 heavy (non-hydrogen) atoms. The van der Waals surface area contributed by atoms with E-state index in [0.717, 1.165) is 11.1 Å². The lowest BCUT2D eigenvalue weighted by atomic mass is 9.95. The van der Waals surface area contributed by atoms with Crippen molar-refractivity contribution in [3.05, 3.63) is 101 Å². The zero-order valence-corrected chi connectivity index (χ0v) is 20.8. The SMILES string of the molecule is CC(C)c1ccc([C@@H](NC(=O)[C@@H]2C[C@@H](F)CN2C(=O)c2ccc3c(cnn3N)c2)c2ccccc2)cc1. The van der Waals surface area contributed by atoms with E-state index in [1.807, 2.05) is 42.5 Å². The van der Waals surface area contributed by atoms with Crippen LogP contribution in [-0.4, -0.2) is 45.4 Å². The van der Waals surface area contributed by atoms with Crippen molar-refractivity contribution in [1.29, 1.82) is 0 Å². The normalized spacial score (nSPS) is 18.3. The molecule has 0 bridgehead atoms. The van der Waals surface area contributed by atoms with Crippen LogP contribution in [0, 0.1) is 0 Å². The molecule has 0 saturated carbocycles. The summed E-state index contributed by atoms with van der Waals surface area (Å²) in [6, 6.07) is 21.4. The topological polar surface area (TPSA) is 93.2 Å². The number of amides is 2. The molecule has 2 amide bonds. The lowest BCUT2D eigenvalue weighted by molar-refractivity contribution is -0.125. The summed E-state index contributed by atoms with van der Waals surface area (Å²) in [6.07, 6.45) is 0.234. The Morgan fingerprint density at radius 2 is 1.68 bits per heavy atom. The molecule has 4 aromatic rings. The number of carbonyl (C=O) groups is 2. The predicted octanol–water partition coefficient (Wildman–Crippen LogP) is 4.33. The second kappa shape index (κ2) is 10.0. The standard InChI is InChI=1S/C29H30FN5O2/c1-18(2)19-8-10-21(11-9-19)27(20-6-4-3-5-7-20)33-28(36)26-15-24(30)17-34(26)29(37)22-12-13-25-23(14-22)16-32-35(25)31/h3-14,16,18,24,26-27H,15,17,31H2,1-2H3,(H,33,36)/t24-,26+,27+/m1/s1. The first-order chi connectivity index (χ1) is 17.8. The molecule has 190 valence electrons. The highest BCUT2D eigenvalue weighted by Crippen LogP contribution is 2.28. The first-order valence-corrected chi connectivity index (χ1v) is 12.4. The Morgan fingerprint density at radius 3 is 2.38 bits per heavy atom. The zero-order chi connectivity index (χ0) is 26.1. The van der Waals surface area contributed by atoms with Gasteiger partial charge in [-0.3, -0.25) is 9.59 Å². The number of alkyl halides is 1. The molecule has 1 fully saturated rings. The average molecular weight is 500 g/mol. The van der Waals surface area contributed by atoms with E-state index < -0.39 is 24.2 Å². The molecule has 3 N–H and O–H groups in total. The molecule has 0 aliphatic carbocycles. The minimum absolute atomic E-state index is 0.0473. The molecule has 5 rings (SSSR count). The molecule has 0 spiro atoms. The van der Waals surface area contributed by atoms with E-state index >= 15 is 0 Å². The van der Waals surface area contributed by atoms with Crippen molar-refractivity contribution < 1.29 is 14.0 Å². The molecule has 0 radical (unpaired) electrons. The number of benzene rings is 3. The maximum absolute atomic E-state index is 14.6. The fraction of sp³-hybridized carbons (Fsp3) is 0.276. The molecule has 3 aromatic carbocycles. The first kappa shape index (κ1) is 24.5. The summed E-state index contributed by atoms with van der Waals surface area (Å²) in [6.45, 7) is 4.12. The number of halogens is 1. The van der Waals surface area contributed by atoms with Crippen LogP contribution in [-0.2, 0) is 4.79 Å². The van der Waals surface area contributed by atoms with Crippen LogP contribution >= 0.6 is 0 Å². The Hall–Kier alpha value is -4.20. The molecule has 0 unspecified atom stereocenters. The average Bonchev–Trinajstić information content (AvgIpc) is 3.49. The van der Waals surface area contributed by atoms with Gasteiger partial charge >= 0.3 is 0 Å². The summed E-state index contributed by atoms with van der Waals surface area (Å²) in [5.41, 5.74) is 4.05. The smallest absolute Gasteiger partial charge is 0.254 e. The Labute approximate surface area is 215 Å². The molecule has 1 aliphatic rings. The van der Waals surface area contributed by atoms with Gasteiger partial charge in [0.2, 0.25) is 5.91 Å². The summed E-state index contributed by atoms with van der Waals surface area (Å²) in [7, 11) is 0. The maximum atomic E-state index is 14.6. The van der Waals surface area contributed by atoms with Gasteiger partial charge in [-0.05, 0) is 40.8 Å². The van der Waals surface area contributed by atoms with Gasteiger partial charge in [-0.2, -0.15) is 9.89 Å². The molecular weight excluding hydrogens is 469 g/mol. The third-order valence-electron chi connectivity index (χ3n) is 7.01. The van der Waals surface area contributed by atoms with Crippen LogP contribution in [0.25, 0.3) is 10.9 Å². The highest BCUT2D eigenvalue weighted by atomic mass is 19.1. The summed E-state index contributed by atoms with van der Waals surface area (Å²) in [5, 5.41) is 7.79. The van der Waals surface area contributed by atoms with E-state index in [1.165, 1.54) is 15.3 Å². The third-order valence-corrected chi connectivity index (χ3v) is 7.01. The minimum atomic E-state index is -1.28. The summed E-state index contributed by atoms with van der Waals surface area (Å²) >= 11 is 0. The van der Waals surface area contributed by atoms with E-state index in [-0.39, 0.29) is 18.9 Å². The van der Waals surface area contributed by atoms with Crippen LogP contribution in [0.3, 0.4) is 0 Å². The molecule has 2 heterocycles. The minimum Gasteiger partial charge on any atom is -0.343 e. The second-order valence-corrected chi connectivity index (χ2v) is 9.84. The highest BCUT2D eigenvalue weighted by molar-refractivity contribution is 6.00. The number of likely N-dealkylation sites (tertiary alicyclic amines) is 1. The van der Waals surface area contributed by atoms with Crippen molar-refractivity contribution in [3.8, 4) is 0 Å². The number of fused-ring (bicyclic) bond motifs is 1. The number of nitrogen functional groups attached to an aromatic ring is 1. The third kappa shape index (κ3) is 4.91. The summed E-state index contributed by atoms with van der Waals surface area (Å²) in [4.78, 5) is 29.5. The number of hydrogen-bond acceptors (Lipinski definition) is 4. The van der Waals surface area contributed by atoms with Gasteiger partial charge in [-0.15, -0.1) is 0 Å². The molecule has 3 atom stereocenters. The van der Waals surface area contributed by atoms with Gasteiger partial charge < -0.3 is 16.1 Å². The van der Waals surface area contributed by atoms with Crippen LogP contribution in [0.2, 0.25) is 0 Å². The molecule has 8 heteroatoms. The zero-order valence-electron chi connectivity index (χ0n) is 20.8. The predicted molar refractivity (Wildman–Crippen MR) is 141 cm³/mol. The van der Waals surface area contributed by atoms with Crippen LogP contribution in [0.15, 0.2) is 79.0 Å². The number of nitrogens with two attached hydrogens (primary N) is 1. The van der Waals surface area contributed by atoms with Crippen LogP contribution < -0.4 is 11.2 Å². The van der Waals surface area contributed by atoms with Crippen LogP contribution in [0.1, 0.15) is 59.3 Å². The highest BCUT2D eigenvalue weighted by Gasteiger charge is 2.41. The molecule has 1 saturated heterocycles. The van der Waals surface area contributed by atoms with Gasteiger partial charge in [-0.1, -0.05) is 68.4 Å². The second-order valence-electron chi connectivity index (χ2n) is 9.84. The lowest BCUT2D eigenvalue weighted by Crippen LogP contribution is -2.47. The number of hydrogen-bond donors (Lipinski definition) is 2. The molecule has 7 nitrogen and oxygen atoms in total. The Bertz CT molecular complexity index is 1420. The van der Waals surface area contributed by atoms with E-state index in [9.17, 15) is 14.0 Å². The first-order valence-electron chi connectivity index (χ1n) is 12.4. The van der Waals surface area contributed by atoms with Crippen molar-refractivity contribution in [2.24, 2.45) is 0 Å². The fourth-order valence-corrected chi connectivity index (χ4v) is 4.93. The Kier molecular flexibility index (Phi) is 6.65. The van der Waals surface area contributed by atoms with E-state index in [1.54, 1.807) is 24.4 Å². The molecular formula is C29H30FN5O2. The summed E-state index contributed by atoms with van der Waals surface area (Å²) in [5.74, 6) is 5.38. The van der Waals surface area contributed by atoms with Crippen molar-refractivity contribution >= 4 is 22.7 Å². The fourth-order valence-electron chi connectivity index (χ4n) is 4.93. The van der Waals surface area contributed by atoms with Crippen molar-refractivity contribution in [3.63, 3.8) is 0 Å². The number of carbonyl (C=O) groups excluding carboxylic acids is 2. The molecule has 1 aromatic heterocycles. The van der Waals surface area contributed by atoms with E-state index in [0.29, 0.717) is 22.4 Å². The maximum Gasteiger partial charge on any atom is 0.254 e. The molecule has 1 aliphatic heterocycles. The largest absolute Gasteiger partial charge is 0.343 e. The van der Waals surface area contributed by atoms with Crippen LogP contribution in [0.5, 0.6) is 0 Å². The van der Waals surface area contributed by atoms with Gasteiger partial charge in [0.25, 0.3) is 5.91 Å².